The Morgan fingerprint density at radius 3 is 2.44 bits per heavy atom. The van der Waals surface area contributed by atoms with E-state index < -0.39 is 0 Å². The van der Waals surface area contributed by atoms with Crippen LogP contribution in [-0.2, 0) is 0 Å². The van der Waals surface area contributed by atoms with Crippen LogP contribution in [0.1, 0.15) is 38.5 Å². The lowest BCUT2D eigenvalue weighted by Crippen LogP contribution is -2.39. The summed E-state index contributed by atoms with van der Waals surface area (Å²) in [5, 5.41) is 0. The molecule has 2 heterocycles. The third kappa shape index (κ3) is 2.44. The smallest absolute Gasteiger partial charge is 0.0931 e. The van der Waals surface area contributed by atoms with Crippen LogP contribution < -0.4 is 0 Å². The molecule has 1 fully saturated rings. The second-order valence-corrected chi connectivity index (χ2v) is 7.55. The number of thiophene rings is 1. The van der Waals surface area contributed by atoms with Crippen LogP contribution in [0.25, 0.3) is 0 Å². The van der Waals surface area contributed by atoms with Crippen LogP contribution in [0.5, 0.6) is 0 Å². The van der Waals surface area contributed by atoms with E-state index in [9.17, 15) is 0 Å². The predicted molar refractivity (Wildman–Crippen MR) is 72.6 cm³/mol. The van der Waals surface area contributed by atoms with E-state index in [1.165, 1.54) is 18.0 Å². The van der Waals surface area contributed by atoms with Gasteiger partial charge in [0, 0.05) is 29.4 Å². The minimum absolute atomic E-state index is 0.282. The van der Waals surface area contributed by atoms with E-state index in [0.717, 1.165) is 10.3 Å². The maximum absolute atomic E-state index is 6.02. The van der Waals surface area contributed by atoms with Gasteiger partial charge in [-0.2, -0.15) is 0 Å². The Bertz CT molecular complexity index is 366. The second kappa shape index (κ2) is 4.32. The first-order valence-corrected chi connectivity index (χ1v) is 7.07. The molecule has 0 N–H and O–H groups in total. The van der Waals surface area contributed by atoms with Crippen LogP contribution >= 0.6 is 22.9 Å². The Balaban J connectivity index is 2.14. The molecule has 2 atom stereocenters. The largest absolute Gasteiger partial charge is 0.298 e. The molecular formula is C13H20ClNS. The van der Waals surface area contributed by atoms with Crippen LogP contribution in [0, 0.1) is 5.92 Å². The average Bonchev–Trinajstić information content (AvgIpc) is 2.70. The van der Waals surface area contributed by atoms with E-state index in [1.807, 2.05) is 6.07 Å². The average molecular weight is 258 g/mol. The highest BCUT2D eigenvalue weighted by Gasteiger charge is 2.36. The summed E-state index contributed by atoms with van der Waals surface area (Å²) in [6.45, 7) is 11.6. The molecule has 3 heteroatoms. The highest BCUT2D eigenvalue weighted by atomic mass is 35.5. The molecule has 0 spiro atoms. The molecule has 2 unspecified atom stereocenters. The number of rotatable bonds is 1. The third-order valence-electron chi connectivity index (χ3n) is 3.52. The molecule has 1 saturated heterocycles. The van der Waals surface area contributed by atoms with Gasteiger partial charge < -0.3 is 0 Å². The van der Waals surface area contributed by atoms with Crippen molar-refractivity contribution >= 4 is 22.9 Å². The van der Waals surface area contributed by atoms with Gasteiger partial charge in [-0.3, -0.25) is 4.90 Å². The predicted octanol–water partition coefficient (Wildman–Crippen LogP) is 4.24. The fourth-order valence-corrected chi connectivity index (χ4v) is 3.70. The number of nitrogens with zero attached hydrogens (tertiary/aromatic N) is 1. The van der Waals surface area contributed by atoms with Crippen molar-refractivity contribution in [3.63, 3.8) is 0 Å². The van der Waals surface area contributed by atoms with Gasteiger partial charge in [0.2, 0.25) is 0 Å². The lowest BCUT2D eigenvalue weighted by Gasteiger charge is -2.31. The van der Waals surface area contributed by atoms with Crippen molar-refractivity contribution in [2.24, 2.45) is 5.92 Å². The van der Waals surface area contributed by atoms with Gasteiger partial charge in [-0.15, -0.1) is 11.3 Å². The normalized spacial score (nSPS) is 27.6. The molecule has 1 aromatic rings. The topological polar surface area (TPSA) is 3.24 Å². The van der Waals surface area contributed by atoms with Crippen molar-refractivity contribution < 1.29 is 0 Å². The summed E-state index contributed by atoms with van der Waals surface area (Å²) < 4.78 is 0.913. The second-order valence-electron chi connectivity index (χ2n) is 5.80. The van der Waals surface area contributed by atoms with Crippen molar-refractivity contribution in [2.75, 3.05) is 13.1 Å². The van der Waals surface area contributed by atoms with Gasteiger partial charge in [-0.1, -0.05) is 18.5 Å². The fraction of sp³-hybridized carbons (Fsp3) is 0.692. The van der Waals surface area contributed by atoms with Crippen LogP contribution in [-0.4, -0.2) is 23.5 Å². The quantitative estimate of drug-likeness (QED) is 0.728. The Morgan fingerprint density at radius 2 is 2.00 bits per heavy atom. The molecule has 1 aliphatic rings. The molecule has 0 aliphatic carbocycles. The molecule has 0 amide bonds. The minimum Gasteiger partial charge on any atom is -0.298 e. The highest BCUT2D eigenvalue weighted by Crippen LogP contribution is 2.39. The molecule has 2 rings (SSSR count). The first-order valence-electron chi connectivity index (χ1n) is 5.88. The summed E-state index contributed by atoms with van der Waals surface area (Å²) in [5.41, 5.74) is 0.282. The summed E-state index contributed by atoms with van der Waals surface area (Å²) in [6, 6.07) is 4.22. The van der Waals surface area contributed by atoms with Crippen molar-refractivity contribution in [1.82, 2.24) is 4.90 Å². The zero-order chi connectivity index (χ0) is 11.9. The van der Waals surface area contributed by atoms with Crippen molar-refractivity contribution in [3.05, 3.63) is 21.3 Å². The van der Waals surface area contributed by atoms with Gasteiger partial charge >= 0.3 is 0 Å². The van der Waals surface area contributed by atoms with Gasteiger partial charge in [-0.25, -0.2) is 0 Å². The van der Waals surface area contributed by atoms with Crippen LogP contribution in [0.4, 0.5) is 0 Å². The number of hydrogen-bond acceptors (Lipinski definition) is 2. The lowest BCUT2D eigenvalue weighted by molar-refractivity contribution is 0.168. The molecule has 90 valence electrons. The Hall–Kier alpha value is -0.0500. The van der Waals surface area contributed by atoms with E-state index in [4.69, 9.17) is 11.6 Å². The standard InChI is InChI=1S/C13H20ClNS/c1-9-7-15(13(2,3)4)8-10(9)11-5-6-12(14)16-11/h5-6,9-10H,7-8H2,1-4H3. The van der Waals surface area contributed by atoms with Gasteiger partial charge in [0.05, 0.1) is 4.34 Å². The molecule has 1 aliphatic heterocycles. The Labute approximate surface area is 107 Å². The Morgan fingerprint density at radius 1 is 1.31 bits per heavy atom. The van der Waals surface area contributed by atoms with E-state index in [0.29, 0.717) is 5.92 Å². The van der Waals surface area contributed by atoms with Gasteiger partial charge in [-0.05, 0) is 38.8 Å². The fourth-order valence-electron chi connectivity index (χ4n) is 2.41. The zero-order valence-electron chi connectivity index (χ0n) is 10.5. The highest BCUT2D eigenvalue weighted by molar-refractivity contribution is 7.16. The van der Waals surface area contributed by atoms with Crippen molar-refractivity contribution in [1.29, 1.82) is 0 Å². The van der Waals surface area contributed by atoms with Crippen molar-refractivity contribution in [2.45, 2.75) is 39.2 Å². The molecule has 0 bridgehead atoms. The lowest BCUT2D eigenvalue weighted by atomic mass is 9.97. The molecule has 16 heavy (non-hydrogen) atoms. The summed E-state index contributed by atoms with van der Waals surface area (Å²) in [6.07, 6.45) is 0. The monoisotopic (exact) mass is 257 g/mol. The maximum atomic E-state index is 6.02. The van der Waals surface area contributed by atoms with Gasteiger partial charge in [0.1, 0.15) is 0 Å². The van der Waals surface area contributed by atoms with Gasteiger partial charge in [0.25, 0.3) is 0 Å². The van der Waals surface area contributed by atoms with Crippen LogP contribution in [0.3, 0.4) is 0 Å². The van der Waals surface area contributed by atoms with E-state index in [2.05, 4.69) is 38.7 Å². The van der Waals surface area contributed by atoms with E-state index in [1.54, 1.807) is 11.3 Å². The summed E-state index contributed by atoms with van der Waals surface area (Å²) >= 11 is 7.76. The van der Waals surface area contributed by atoms with Crippen LogP contribution in [0.2, 0.25) is 4.34 Å². The summed E-state index contributed by atoms with van der Waals surface area (Å²) in [5.74, 6) is 1.39. The third-order valence-corrected chi connectivity index (χ3v) is 4.88. The molecule has 1 aromatic heterocycles. The first kappa shape index (κ1) is 12.4. The number of halogens is 1. The minimum atomic E-state index is 0.282. The molecule has 0 aromatic carbocycles. The SMILES string of the molecule is CC1CN(C(C)(C)C)CC1c1ccc(Cl)s1. The Kier molecular flexibility index (Phi) is 3.35. The van der Waals surface area contributed by atoms with Crippen LogP contribution in [0.15, 0.2) is 12.1 Å². The van der Waals surface area contributed by atoms with E-state index >= 15 is 0 Å². The summed E-state index contributed by atoms with van der Waals surface area (Å²) in [7, 11) is 0. The molecule has 0 saturated carbocycles. The van der Waals surface area contributed by atoms with E-state index in [-0.39, 0.29) is 5.54 Å². The maximum Gasteiger partial charge on any atom is 0.0931 e. The molecule has 0 radical (unpaired) electrons. The molecule has 1 nitrogen and oxygen atoms in total. The number of hydrogen-bond donors (Lipinski definition) is 0. The zero-order valence-corrected chi connectivity index (χ0v) is 12.0. The molecular weight excluding hydrogens is 238 g/mol. The van der Waals surface area contributed by atoms with Gasteiger partial charge in [0.15, 0.2) is 0 Å². The first-order chi connectivity index (χ1) is 7.38. The van der Waals surface area contributed by atoms with Crippen molar-refractivity contribution in [3.8, 4) is 0 Å². The number of likely N-dealkylation sites (tertiary alicyclic amines) is 1. The summed E-state index contributed by atoms with van der Waals surface area (Å²) in [4.78, 5) is 4.03.